The molecular formula is C19H25N3O4. The molecule has 2 aliphatic rings. The summed E-state index contributed by atoms with van der Waals surface area (Å²) < 4.78 is 5.41. The minimum atomic E-state index is -0.395. The largest absolute Gasteiger partial charge is 0.494 e. The van der Waals surface area contributed by atoms with E-state index in [4.69, 9.17) is 4.74 Å². The standard InChI is InChI=1S/C19H25N3O4/c1-2-26-15-5-3-14(4-6-15)13-18(24)21-9-11-22(12-10-21)19(25)16-7-8-17(23)20-16/h3-6,16H,2,7-13H2,1H3,(H,20,23). The Morgan fingerprint density at radius 3 is 2.35 bits per heavy atom. The average Bonchev–Trinajstić information content (AvgIpc) is 3.09. The SMILES string of the molecule is CCOc1ccc(CC(=O)N2CCN(C(=O)C3CCC(=O)N3)CC2)cc1. The summed E-state index contributed by atoms with van der Waals surface area (Å²) in [5.41, 5.74) is 0.950. The number of nitrogens with zero attached hydrogens (tertiary/aromatic N) is 2. The maximum atomic E-state index is 12.5. The average molecular weight is 359 g/mol. The van der Waals surface area contributed by atoms with Crippen LogP contribution in [0.15, 0.2) is 24.3 Å². The summed E-state index contributed by atoms with van der Waals surface area (Å²) in [4.78, 5) is 39.7. The number of hydrogen-bond acceptors (Lipinski definition) is 4. The van der Waals surface area contributed by atoms with Crippen molar-refractivity contribution in [3.63, 3.8) is 0 Å². The fraction of sp³-hybridized carbons (Fsp3) is 0.526. The maximum Gasteiger partial charge on any atom is 0.245 e. The molecule has 1 unspecified atom stereocenters. The Balaban J connectivity index is 1.47. The highest BCUT2D eigenvalue weighted by Gasteiger charge is 2.32. The summed E-state index contributed by atoms with van der Waals surface area (Å²) in [6, 6.07) is 7.17. The molecule has 0 bridgehead atoms. The molecule has 1 aromatic rings. The minimum Gasteiger partial charge on any atom is -0.494 e. The van der Waals surface area contributed by atoms with Gasteiger partial charge >= 0.3 is 0 Å². The normalized spacial score (nSPS) is 20.0. The van der Waals surface area contributed by atoms with Gasteiger partial charge in [0, 0.05) is 32.6 Å². The first kappa shape index (κ1) is 18.2. The van der Waals surface area contributed by atoms with Crippen molar-refractivity contribution in [1.82, 2.24) is 15.1 Å². The zero-order valence-electron chi connectivity index (χ0n) is 15.1. The van der Waals surface area contributed by atoms with Gasteiger partial charge in [-0.1, -0.05) is 12.1 Å². The van der Waals surface area contributed by atoms with Gasteiger partial charge in [-0.2, -0.15) is 0 Å². The lowest BCUT2D eigenvalue weighted by Crippen LogP contribution is -2.54. The molecule has 2 heterocycles. The van der Waals surface area contributed by atoms with Crippen molar-refractivity contribution >= 4 is 17.7 Å². The topological polar surface area (TPSA) is 79.0 Å². The molecular weight excluding hydrogens is 334 g/mol. The first-order valence-electron chi connectivity index (χ1n) is 9.14. The third-order valence-electron chi connectivity index (χ3n) is 4.83. The summed E-state index contributed by atoms with van der Waals surface area (Å²) >= 11 is 0. The monoisotopic (exact) mass is 359 g/mol. The molecule has 3 rings (SSSR count). The van der Waals surface area contributed by atoms with E-state index in [2.05, 4.69) is 5.32 Å². The van der Waals surface area contributed by atoms with E-state index in [0.29, 0.717) is 52.0 Å². The molecule has 140 valence electrons. The molecule has 0 saturated carbocycles. The Morgan fingerprint density at radius 2 is 1.77 bits per heavy atom. The van der Waals surface area contributed by atoms with Gasteiger partial charge in [0.25, 0.3) is 0 Å². The molecule has 0 radical (unpaired) electrons. The van der Waals surface area contributed by atoms with Gasteiger partial charge in [-0.3, -0.25) is 14.4 Å². The number of benzene rings is 1. The second-order valence-corrected chi connectivity index (χ2v) is 6.62. The molecule has 7 heteroatoms. The number of ether oxygens (including phenoxy) is 1. The van der Waals surface area contributed by atoms with Crippen molar-refractivity contribution in [2.75, 3.05) is 32.8 Å². The van der Waals surface area contributed by atoms with Crippen molar-refractivity contribution < 1.29 is 19.1 Å². The lowest BCUT2D eigenvalue weighted by molar-refractivity contribution is -0.140. The van der Waals surface area contributed by atoms with Gasteiger partial charge in [0.15, 0.2) is 0 Å². The Hall–Kier alpha value is -2.57. The fourth-order valence-electron chi connectivity index (χ4n) is 3.35. The molecule has 0 aromatic heterocycles. The lowest BCUT2D eigenvalue weighted by Gasteiger charge is -2.36. The predicted octanol–water partition coefficient (Wildman–Crippen LogP) is 0.577. The van der Waals surface area contributed by atoms with Gasteiger partial charge in [-0.25, -0.2) is 0 Å². The number of carbonyl (C=O) groups excluding carboxylic acids is 3. The Kier molecular flexibility index (Phi) is 5.75. The number of amides is 3. The zero-order valence-corrected chi connectivity index (χ0v) is 15.1. The number of piperazine rings is 1. The lowest BCUT2D eigenvalue weighted by atomic mass is 10.1. The van der Waals surface area contributed by atoms with Crippen LogP contribution in [0.4, 0.5) is 0 Å². The molecule has 3 amide bonds. The predicted molar refractivity (Wildman–Crippen MR) is 95.6 cm³/mol. The van der Waals surface area contributed by atoms with Crippen LogP contribution in [-0.2, 0) is 20.8 Å². The number of nitrogens with one attached hydrogen (secondary N) is 1. The van der Waals surface area contributed by atoms with E-state index in [1.807, 2.05) is 31.2 Å². The van der Waals surface area contributed by atoms with Crippen molar-refractivity contribution in [3.05, 3.63) is 29.8 Å². The van der Waals surface area contributed by atoms with E-state index in [-0.39, 0.29) is 17.7 Å². The minimum absolute atomic E-state index is 0.0329. The molecule has 1 aromatic carbocycles. The van der Waals surface area contributed by atoms with Crippen molar-refractivity contribution in [2.45, 2.75) is 32.2 Å². The van der Waals surface area contributed by atoms with E-state index >= 15 is 0 Å². The van der Waals surface area contributed by atoms with Gasteiger partial charge in [0.2, 0.25) is 17.7 Å². The highest BCUT2D eigenvalue weighted by molar-refractivity contribution is 5.91. The van der Waals surface area contributed by atoms with Crippen LogP contribution in [0.1, 0.15) is 25.3 Å². The smallest absolute Gasteiger partial charge is 0.245 e. The number of rotatable bonds is 5. The van der Waals surface area contributed by atoms with Gasteiger partial charge in [-0.05, 0) is 31.0 Å². The Morgan fingerprint density at radius 1 is 1.12 bits per heavy atom. The highest BCUT2D eigenvalue weighted by Crippen LogP contribution is 2.15. The summed E-state index contributed by atoms with van der Waals surface area (Å²) in [6.45, 7) is 4.64. The van der Waals surface area contributed by atoms with Gasteiger partial charge in [0.05, 0.1) is 13.0 Å². The van der Waals surface area contributed by atoms with E-state index in [1.165, 1.54) is 0 Å². The van der Waals surface area contributed by atoms with Crippen LogP contribution in [0, 0.1) is 0 Å². The summed E-state index contributed by atoms with van der Waals surface area (Å²) in [6.07, 6.45) is 1.32. The number of carbonyl (C=O) groups is 3. The second-order valence-electron chi connectivity index (χ2n) is 6.62. The Labute approximate surface area is 153 Å². The zero-order chi connectivity index (χ0) is 18.5. The molecule has 0 spiro atoms. The van der Waals surface area contributed by atoms with Crippen LogP contribution in [0.3, 0.4) is 0 Å². The van der Waals surface area contributed by atoms with Gasteiger partial charge in [0.1, 0.15) is 11.8 Å². The van der Waals surface area contributed by atoms with E-state index in [1.54, 1.807) is 9.80 Å². The molecule has 2 saturated heterocycles. The molecule has 2 fully saturated rings. The van der Waals surface area contributed by atoms with Gasteiger partial charge in [-0.15, -0.1) is 0 Å². The van der Waals surface area contributed by atoms with Crippen LogP contribution in [0.25, 0.3) is 0 Å². The van der Waals surface area contributed by atoms with Crippen LogP contribution < -0.4 is 10.1 Å². The van der Waals surface area contributed by atoms with Crippen molar-refractivity contribution in [2.24, 2.45) is 0 Å². The molecule has 1 atom stereocenters. The molecule has 1 N–H and O–H groups in total. The van der Waals surface area contributed by atoms with E-state index < -0.39 is 6.04 Å². The molecule has 7 nitrogen and oxygen atoms in total. The van der Waals surface area contributed by atoms with Crippen molar-refractivity contribution in [1.29, 1.82) is 0 Å². The van der Waals surface area contributed by atoms with E-state index in [9.17, 15) is 14.4 Å². The Bertz CT molecular complexity index is 666. The fourth-order valence-corrected chi connectivity index (χ4v) is 3.35. The second kappa shape index (κ2) is 8.21. The van der Waals surface area contributed by atoms with Gasteiger partial charge < -0.3 is 19.9 Å². The van der Waals surface area contributed by atoms with Crippen molar-refractivity contribution in [3.8, 4) is 5.75 Å². The van der Waals surface area contributed by atoms with Crippen LogP contribution in [0.2, 0.25) is 0 Å². The first-order chi connectivity index (χ1) is 12.6. The first-order valence-corrected chi connectivity index (χ1v) is 9.14. The third-order valence-corrected chi connectivity index (χ3v) is 4.83. The third kappa shape index (κ3) is 4.33. The van der Waals surface area contributed by atoms with E-state index in [0.717, 1.165) is 11.3 Å². The summed E-state index contributed by atoms with van der Waals surface area (Å²) in [5, 5.41) is 2.71. The maximum absolute atomic E-state index is 12.5. The molecule has 26 heavy (non-hydrogen) atoms. The quantitative estimate of drug-likeness (QED) is 0.834. The van der Waals surface area contributed by atoms with Crippen LogP contribution in [-0.4, -0.2) is 66.3 Å². The number of hydrogen-bond donors (Lipinski definition) is 1. The highest BCUT2D eigenvalue weighted by atomic mass is 16.5. The van der Waals surface area contributed by atoms with Crippen LogP contribution in [0.5, 0.6) is 5.75 Å². The molecule has 2 aliphatic heterocycles. The van der Waals surface area contributed by atoms with Crippen LogP contribution >= 0.6 is 0 Å². The summed E-state index contributed by atoms with van der Waals surface area (Å²) in [5.74, 6) is 0.771. The molecule has 0 aliphatic carbocycles. The summed E-state index contributed by atoms with van der Waals surface area (Å²) in [7, 11) is 0.